The zero-order chi connectivity index (χ0) is 18.9. The van der Waals surface area contributed by atoms with Gasteiger partial charge in [0.1, 0.15) is 6.04 Å². The standard InChI is InChI=1S/C19H27N3O4/c1-3-11-26-18(24)12-16-19(25)20-9-10-22(16)17(23)14-21(2)13-15-7-5-4-6-8-15/h4-8,16H,3,9-14H2,1-2H3,(H,20,25). The summed E-state index contributed by atoms with van der Waals surface area (Å²) in [5.74, 6) is -0.917. The van der Waals surface area contributed by atoms with Crippen molar-refractivity contribution < 1.29 is 19.1 Å². The van der Waals surface area contributed by atoms with Crippen LogP contribution < -0.4 is 5.32 Å². The van der Waals surface area contributed by atoms with Gasteiger partial charge in [-0.05, 0) is 19.0 Å². The van der Waals surface area contributed by atoms with Crippen molar-refractivity contribution in [3.05, 3.63) is 35.9 Å². The lowest BCUT2D eigenvalue weighted by Gasteiger charge is -2.35. The highest BCUT2D eigenvalue weighted by molar-refractivity contribution is 5.92. The van der Waals surface area contributed by atoms with E-state index in [1.807, 2.05) is 49.2 Å². The summed E-state index contributed by atoms with van der Waals surface area (Å²) in [6.45, 7) is 3.83. The van der Waals surface area contributed by atoms with Crippen LogP contribution in [0.3, 0.4) is 0 Å². The molecule has 0 aromatic heterocycles. The van der Waals surface area contributed by atoms with Gasteiger partial charge in [0.2, 0.25) is 11.8 Å². The highest BCUT2D eigenvalue weighted by Gasteiger charge is 2.35. The van der Waals surface area contributed by atoms with Gasteiger partial charge in [-0.1, -0.05) is 37.3 Å². The first kappa shape index (κ1) is 19.9. The zero-order valence-electron chi connectivity index (χ0n) is 15.4. The molecule has 0 saturated carbocycles. The minimum atomic E-state index is -0.800. The van der Waals surface area contributed by atoms with E-state index in [0.29, 0.717) is 26.2 Å². The first-order valence-electron chi connectivity index (χ1n) is 8.96. The van der Waals surface area contributed by atoms with E-state index in [9.17, 15) is 14.4 Å². The Hall–Kier alpha value is -2.41. The fourth-order valence-corrected chi connectivity index (χ4v) is 2.92. The van der Waals surface area contributed by atoms with E-state index in [4.69, 9.17) is 4.74 Å². The lowest BCUT2D eigenvalue weighted by molar-refractivity contribution is -0.152. The molecule has 1 heterocycles. The molecule has 0 bridgehead atoms. The van der Waals surface area contributed by atoms with Crippen molar-refractivity contribution in [2.24, 2.45) is 0 Å². The monoisotopic (exact) mass is 361 g/mol. The van der Waals surface area contributed by atoms with Gasteiger partial charge in [0, 0.05) is 19.6 Å². The van der Waals surface area contributed by atoms with Gasteiger partial charge >= 0.3 is 5.97 Å². The normalized spacial score (nSPS) is 17.1. The molecule has 7 nitrogen and oxygen atoms in total. The maximum absolute atomic E-state index is 12.7. The Morgan fingerprint density at radius 3 is 2.73 bits per heavy atom. The van der Waals surface area contributed by atoms with Crippen LogP contribution in [0.1, 0.15) is 25.3 Å². The van der Waals surface area contributed by atoms with E-state index in [0.717, 1.165) is 12.0 Å². The zero-order valence-corrected chi connectivity index (χ0v) is 15.4. The number of nitrogens with one attached hydrogen (secondary N) is 1. The third-order valence-electron chi connectivity index (χ3n) is 4.18. The summed E-state index contributed by atoms with van der Waals surface area (Å²) in [6.07, 6.45) is 0.607. The molecule has 2 rings (SSSR count). The van der Waals surface area contributed by atoms with Crippen LogP contribution in [0.15, 0.2) is 30.3 Å². The number of carbonyl (C=O) groups excluding carboxylic acids is 3. The van der Waals surface area contributed by atoms with Crippen LogP contribution in [-0.2, 0) is 25.7 Å². The average Bonchev–Trinajstić information content (AvgIpc) is 2.62. The Balaban J connectivity index is 1.95. The van der Waals surface area contributed by atoms with Gasteiger partial charge in [-0.25, -0.2) is 0 Å². The number of ether oxygens (including phenoxy) is 1. The van der Waals surface area contributed by atoms with E-state index in [2.05, 4.69) is 5.32 Å². The molecule has 0 spiro atoms. The number of piperazine rings is 1. The van der Waals surface area contributed by atoms with Crippen LogP contribution >= 0.6 is 0 Å². The van der Waals surface area contributed by atoms with Crippen molar-refractivity contribution in [3.8, 4) is 0 Å². The fourth-order valence-electron chi connectivity index (χ4n) is 2.92. The molecular formula is C19H27N3O4. The summed E-state index contributed by atoms with van der Waals surface area (Å²) < 4.78 is 5.06. The number of carbonyl (C=O) groups is 3. The molecule has 1 saturated heterocycles. The molecule has 1 aliphatic heterocycles. The van der Waals surface area contributed by atoms with Gasteiger partial charge in [0.05, 0.1) is 19.6 Å². The number of likely N-dealkylation sites (N-methyl/N-ethyl adjacent to an activating group) is 1. The summed E-state index contributed by atoms with van der Waals surface area (Å²) in [4.78, 5) is 40.2. The summed E-state index contributed by atoms with van der Waals surface area (Å²) in [5, 5.41) is 2.72. The van der Waals surface area contributed by atoms with Gasteiger partial charge in [0.25, 0.3) is 0 Å². The van der Waals surface area contributed by atoms with Crippen LogP contribution in [0.5, 0.6) is 0 Å². The highest BCUT2D eigenvalue weighted by atomic mass is 16.5. The molecule has 142 valence electrons. The van der Waals surface area contributed by atoms with E-state index < -0.39 is 12.0 Å². The molecule has 0 radical (unpaired) electrons. The van der Waals surface area contributed by atoms with Crippen molar-refractivity contribution in [3.63, 3.8) is 0 Å². The second-order valence-corrected chi connectivity index (χ2v) is 6.48. The smallest absolute Gasteiger partial charge is 0.308 e. The van der Waals surface area contributed by atoms with E-state index in [1.54, 1.807) is 0 Å². The Labute approximate surface area is 154 Å². The Morgan fingerprint density at radius 2 is 2.04 bits per heavy atom. The minimum Gasteiger partial charge on any atom is -0.466 e. The highest BCUT2D eigenvalue weighted by Crippen LogP contribution is 2.12. The SMILES string of the molecule is CCCOC(=O)CC1C(=O)NCCN1C(=O)CN(C)Cc1ccccc1. The van der Waals surface area contributed by atoms with E-state index in [-0.39, 0.29) is 24.8 Å². The first-order valence-corrected chi connectivity index (χ1v) is 8.96. The molecule has 7 heteroatoms. The summed E-state index contributed by atoms with van der Waals surface area (Å²) in [7, 11) is 1.86. The molecular weight excluding hydrogens is 334 g/mol. The van der Waals surface area contributed by atoms with Crippen molar-refractivity contribution in [2.45, 2.75) is 32.4 Å². The van der Waals surface area contributed by atoms with Gasteiger partial charge in [0.15, 0.2) is 0 Å². The average molecular weight is 361 g/mol. The molecule has 1 N–H and O–H groups in total. The Bertz CT molecular complexity index is 620. The van der Waals surface area contributed by atoms with Crippen LogP contribution in [0.4, 0.5) is 0 Å². The van der Waals surface area contributed by atoms with Gasteiger partial charge in [-0.2, -0.15) is 0 Å². The van der Waals surface area contributed by atoms with Crippen LogP contribution in [0.25, 0.3) is 0 Å². The number of hydrogen-bond acceptors (Lipinski definition) is 5. The van der Waals surface area contributed by atoms with Gasteiger partial charge < -0.3 is 15.0 Å². The van der Waals surface area contributed by atoms with Crippen LogP contribution in [-0.4, -0.2) is 66.9 Å². The van der Waals surface area contributed by atoms with Crippen molar-refractivity contribution in [1.29, 1.82) is 0 Å². The Morgan fingerprint density at radius 1 is 1.31 bits per heavy atom. The lowest BCUT2D eigenvalue weighted by atomic mass is 10.1. The molecule has 1 atom stereocenters. The lowest BCUT2D eigenvalue weighted by Crippen LogP contribution is -2.59. The number of amides is 2. The van der Waals surface area contributed by atoms with Gasteiger partial charge in [-0.3, -0.25) is 19.3 Å². The number of benzene rings is 1. The molecule has 1 aliphatic rings. The summed E-state index contributed by atoms with van der Waals surface area (Å²) in [6, 6.07) is 9.06. The summed E-state index contributed by atoms with van der Waals surface area (Å²) in [5.41, 5.74) is 1.11. The summed E-state index contributed by atoms with van der Waals surface area (Å²) >= 11 is 0. The third kappa shape index (κ3) is 5.84. The Kier molecular flexibility index (Phi) is 7.59. The topological polar surface area (TPSA) is 79.0 Å². The van der Waals surface area contributed by atoms with Crippen molar-refractivity contribution in [2.75, 3.05) is 33.3 Å². The van der Waals surface area contributed by atoms with E-state index in [1.165, 1.54) is 4.90 Å². The largest absolute Gasteiger partial charge is 0.466 e. The van der Waals surface area contributed by atoms with Crippen molar-refractivity contribution in [1.82, 2.24) is 15.1 Å². The predicted octanol–water partition coefficient (Wildman–Crippen LogP) is 0.789. The quantitative estimate of drug-likeness (QED) is 0.693. The number of esters is 1. The number of rotatable bonds is 8. The third-order valence-corrected chi connectivity index (χ3v) is 4.18. The molecule has 1 aromatic carbocycles. The second-order valence-electron chi connectivity index (χ2n) is 6.48. The molecule has 0 aliphatic carbocycles. The predicted molar refractivity (Wildman–Crippen MR) is 97.2 cm³/mol. The number of nitrogens with zero attached hydrogens (tertiary/aromatic N) is 2. The molecule has 1 aromatic rings. The number of hydrogen-bond donors (Lipinski definition) is 1. The molecule has 2 amide bonds. The molecule has 1 fully saturated rings. The van der Waals surface area contributed by atoms with Crippen LogP contribution in [0.2, 0.25) is 0 Å². The second kappa shape index (κ2) is 9.91. The first-order chi connectivity index (χ1) is 12.5. The molecule has 1 unspecified atom stereocenters. The van der Waals surface area contributed by atoms with Crippen molar-refractivity contribution >= 4 is 17.8 Å². The molecule has 26 heavy (non-hydrogen) atoms. The van der Waals surface area contributed by atoms with E-state index >= 15 is 0 Å². The fraction of sp³-hybridized carbons (Fsp3) is 0.526. The maximum Gasteiger partial charge on any atom is 0.308 e. The van der Waals surface area contributed by atoms with Crippen LogP contribution in [0, 0.1) is 0 Å². The minimum absolute atomic E-state index is 0.111. The van der Waals surface area contributed by atoms with Gasteiger partial charge in [-0.15, -0.1) is 0 Å². The maximum atomic E-state index is 12.7.